The van der Waals surface area contributed by atoms with E-state index in [9.17, 15) is 0 Å². The monoisotopic (exact) mass is 133 g/mol. The van der Waals surface area contributed by atoms with Gasteiger partial charge in [0.05, 0.1) is 6.61 Å². The highest BCUT2D eigenvalue weighted by Gasteiger charge is 2.12. The highest BCUT2D eigenvalue weighted by atomic mass is 16.3. The van der Waals surface area contributed by atoms with E-state index in [1.807, 2.05) is 6.92 Å². The maximum atomic E-state index is 8.64. The molecule has 0 amide bonds. The number of hydrogen-bond donors (Lipinski definition) is 3. The zero-order chi connectivity index (χ0) is 7.28. The van der Waals surface area contributed by atoms with E-state index in [1.165, 1.54) is 0 Å². The van der Waals surface area contributed by atoms with Crippen LogP contribution < -0.4 is 5.73 Å². The molecule has 56 valence electrons. The van der Waals surface area contributed by atoms with Crippen molar-refractivity contribution in [1.82, 2.24) is 0 Å². The van der Waals surface area contributed by atoms with E-state index in [4.69, 9.17) is 15.9 Å². The number of nitrogens with two attached hydrogens (primary N) is 1. The normalized spacial score (nSPS) is 17.3. The molecule has 0 rings (SSSR count). The first-order valence-electron chi connectivity index (χ1n) is 3.23. The lowest BCUT2D eigenvalue weighted by atomic mass is 10.00. The van der Waals surface area contributed by atoms with Crippen LogP contribution in [0.3, 0.4) is 0 Å². The highest BCUT2D eigenvalue weighted by Crippen LogP contribution is 2.03. The molecule has 0 aromatic heterocycles. The van der Waals surface area contributed by atoms with Crippen LogP contribution >= 0.6 is 0 Å². The number of aliphatic hydroxyl groups is 2. The predicted octanol–water partition coefficient (Wildman–Crippen LogP) is -0.676. The van der Waals surface area contributed by atoms with Gasteiger partial charge in [-0.05, 0) is 12.3 Å². The van der Waals surface area contributed by atoms with Gasteiger partial charge in [0.25, 0.3) is 0 Å². The Kier molecular flexibility index (Phi) is 4.67. The third kappa shape index (κ3) is 2.79. The second-order valence-electron chi connectivity index (χ2n) is 2.20. The fraction of sp³-hybridized carbons (Fsp3) is 1.00. The summed E-state index contributed by atoms with van der Waals surface area (Å²) in [6, 6.07) is -0.264. The molecule has 0 aliphatic carbocycles. The van der Waals surface area contributed by atoms with Gasteiger partial charge in [-0.25, -0.2) is 0 Å². The SMILES string of the molecule is CC[C@@H](CO)[C@H](N)CO. The second kappa shape index (κ2) is 4.73. The molecule has 0 aliphatic rings. The Hall–Kier alpha value is -0.120. The minimum absolute atomic E-state index is 0.0426. The fourth-order valence-electron chi connectivity index (χ4n) is 0.716. The zero-order valence-electron chi connectivity index (χ0n) is 5.75. The van der Waals surface area contributed by atoms with Crippen LogP contribution in [0.1, 0.15) is 13.3 Å². The van der Waals surface area contributed by atoms with E-state index >= 15 is 0 Å². The molecule has 0 radical (unpaired) electrons. The molecule has 2 atom stereocenters. The van der Waals surface area contributed by atoms with Crippen LogP contribution in [0.2, 0.25) is 0 Å². The Balaban J connectivity index is 3.50. The van der Waals surface area contributed by atoms with Crippen molar-refractivity contribution >= 4 is 0 Å². The first kappa shape index (κ1) is 8.88. The van der Waals surface area contributed by atoms with Crippen molar-refractivity contribution < 1.29 is 10.2 Å². The van der Waals surface area contributed by atoms with Crippen LogP contribution in [0.15, 0.2) is 0 Å². The molecule has 3 nitrogen and oxygen atoms in total. The molecule has 0 spiro atoms. The van der Waals surface area contributed by atoms with Gasteiger partial charge in [-0.3, -0.25) is 0 Å². The Bertz CT molecular complexity index is 64.1. The highest BCUT2D eigenvalue weighted by molar-refractivity contribution is 4.68. The topological polar surface area (TPSA) is 66.5 Å². The van der Waals surface area contributed by atoms with E-state index in [-0.39, 0.29) is 25.2 Å². The van der Waals surface area contributed by atoms with Crippen molar-refractivity contribution in [2.24, 2.45) is 11.7 Å². The lowest BCUT2D eigenvalue weighted by Crippen LogP contribution is -2.35. The average Bonchev–Trinajstić information content (AvgIpc) is 1.90. The van der Waals surface area contributed by atoms with Crippen molar-refractivity contribution in [2.75, 3.05) is 13.2 Å². The maximum Gasteiger partial charge on any atom is 0.0586 e. The lowest BCUT2D eigenvalue weighted by molar-refractivity contribution is 0.158. The van der Waals surface area contributed by atoms with E-state index in [0.29, 0.717) is 0 Å². The maximum absolute atomic E-state index is 8.64. The number of hydrogen-bond acceptors (Lipinski definition) is 3. The largest absolute Gasteiger partial charge is 0.396 e. The summed E-state index contributed by atoms with van der Waals surface area (Å²) in [6.45, 7) is 1.97. The van der Waals surface area contributed by atoms with Gasteiger partial charge in [0, 0.05) is 12.6 Å². The van der Waals surface area contributed by atoms with Gasteiger partial charge in [-0.1, -0.05) is 6.92 Å². The van der Waals surface area contributed by atoms with Crippen LogP contribution in [-0.2, 0) is 0 Å². The van der Waals surface area contributed by atoms with Gasteiger partial charge in [-0.15, -0.1) is 0 Å². The fourth-order valence-corrected chi connectivity index (χ4v) is 0.716. The number of rotatable bonds is 4. The van der Waals surface area contributed by atoms with Crippen LogP contribution in [-0.4, -0.2) is 29.5 Å². The quantitative estimate of drug-likeness (QED) is 0.476. The minimum Gasteiger partial charge on any atom is -0.396 e. The summed E-state index contributed by atoms with van der Waals surface area (Å²) in [6.07, 6.45) is 0.818. The summed E-state index contributed by atoms with van der Waals surface area (Å²) in [5.41, 5.74) is 5.43. The molecular weight excluding hydrogens is 118 g/mol. The Morgan fingerprint density at radius 1 is 1.33 bits per heavy atom. The summed E-state index contributed by atoms with van der Waals surface area (Å²) in [5.74, 6) is 0.0509. The molecule has 0 aliphatic heterocycles. The van der Waals surface area contributed by atoms with Gasteiger partial charge < -0.3 is 15.9 Å². The van der Waals surface area contributed by atoms with Crippen molar-refractivity contribution in [1.29, 1.82) is 0 Å². The lowest BCUT2D eigenvalue weighted by Gasteiger charge is -2.17. The van der Waals surface area contributed by atoms with E-state index < -0.39 is 0 Å². The van der Waals surface area contributed by atoms with Crippen molar-refractivity contribution in [2.45, 2.75) is 19.4 Å². The van der Waals surface area contributed by atoms with E-state index in [0.717, 1.165) is 6.42 Å². The molecule has 0 saturated heterocycles. The first-order chi connectivity index (χ1) is 4.26. The molecule has 0 heterocycles. The molecule has 0 fully saturated rings. The summed E-state index contributed by atoms with van der Waals surface area (Å²) < 4.78 is 0. The average molecular weight is 133 g/mol. The molecule has 0 saturated carbocycles. The Morgan fingerprint density at radius 2 is 1.89 bits per heavy atom. The molecule has 0 bridgehead atoms. The smallest absolute Gasteiger partial charge is 0.0586 e. The summed E-state index contributed by atoms with van der Waals surface area (Å²) in [5, 5.41) is 17.2. The number of aliphatic hydroxyl groups excluding tert-OH is 2. The predicted molar refractivity (Wildman–Crippen MR) is 35.9 cm³/mol. The van der Waals surface area contributed by atoms with Crippen LogP contribution in [0.4, 0.5) is 0 Å². The van der Waals surface area contributed by atoms with Crippen molar-refractivity contribution in [3.8, 4) is 0 Å². The third-order valence-electron chi connectivity index (χ3n) is 1.58. The van der Waals surface area contributed by atoms with Crippen molar-refractivity contribution in [3.63, 3.8) is 0 Å². The Morgan fingerprint density at radius 3 is 2.00 bits per heavy atom. The molecule has 3 heteroatoms. The van der Waals surface area contributed by atoms with Crippen LogP contribution in [0, 0.1) is 5.92 Å². The molecule has 9 heavy (non-hydrogen) atoms. The van der Waals surface area contributed by atoms with Gasteiger partial charge in [-0.2, -0.15) is 0 Å². The van der Waals surface area contributed by atoms with Crippen LogP contribution in [0.25, 0.3) is 0 Å². The van der Waals surface area contributed by atoms with Gasteiger partial charge in [0.2, 0.25) is 0 Å². The van der Waals surface area contributed by atoms with Gasteiger partial charge in [0.1, 0.15) is 0 Å². The van der Waals surface area contributed by atoms with E-state index in [1.54, 1.807) is 0 Å². The summed E-state index contributed by atoms with van der Waals surface area (Å²) in [7, 11) is 0. The molecular formula is C6H15NO2. The van der Waals surface area contributed by atoms with E-state index in [2.05, 4.69) is 0 Å². The standard InChI is InChI=1S/C6H15NO2/c1-2-5(3-8)6(7)4-9/h5-6,8-9H,2-4,7H2,1H3/t5-,6+/m0/s1. The minimum atomic E-state index is -0.264. The zero-order valence-corrected chi connectivity index (χ0v) is 5.75. The molecule has 4 N–H and O–H groups in total. The molecule has 0 aromatic carbocycles. The Labute approximate surface area is 55.5 Å². The first-order valence-corrected chi connectivity index (χ1v) is 3.23. The van der Waals surface area contributed by atoms with Crippen LogP contribution in [0.5, 0.6) is 0 Å². The van der Waals surface area contributed by atoms with Crippen molar-refractivity contribution in [3.05, 3.63) is 0 Å². The second-order valence-corrected chi connectivity index (χ2v) is 2.20. The van der Waals surface area contributed by atoms with Gasteiger partial charge >= 0.3 is 0 Å². The summed E-state index contributed by atoms with van der Waals surface area (Å²) >= 11 is 0. The summed E-state index contributed by atoms with van der Waals surface area (Å²) in [4.78, 5) is 0. The molecule has 0 aromatic rings. The third-order valence-corrected chi connectivity index (χ3v) is 1.58. The molecule has 0 unspecified atom stereocenters. The van der Waals surface area contributed by atoms with Gasteiger partial charge in [0.15, 0.2) is 0 Å².